The first-order valence-electron chi connectivity index (χ1n) is 12.2. The van der Waals surface area contributed by atoms with Crippen molar-refractivity contribution in [3.05, 3.63) is 69.9 Å². The topological polar surface area (TPSA) is 0 Å². The molecule has 0 aliphatic rings. The molecule has 176 valence electrons. The van der Waals surface area contributed by atoms with E-state index in [2.05, 4.69) is 108 Å². The minimum atomic E-state index is 1.12. The van der Waals surface area contributed by atoms with Crippen molar-refractivity contribution in [2.75, 3.05) is 4.43 Å². The van der Waals surface area contributed by atoms with Gasteiger partial charge in [0.15, 0.2) is 0 Å². The molecule has 0 N–H and O–H groups in total. The van der Waals surface area contributed by atoms with Crippen LogP contribution >= 0.6 is 22.6 Å². The quantitative estimate of drug-likeness (QED) is 0.105. The molecule has 0 aliphatic heterocycles. The minimum Gasteiger partial charge on any atom is -0.0856 e. The summed E-state index contributed by atoms with van der Waals surface area (Å²) in [5.74, 6) is 0. The van der Waals surface area contributed by atoms with Crippen LogP contribution in [0.15, 0.2) is 69.9 Å². The molecular weight excluding hydrogens is 487 g/mol. The van der Waals surface area contributed by atoms with E-state index in [1.165, 1.54) is 97.6 Å². The Labute approximate surface area is 208 Å². The van der Waals surface area contributed by atoms with Crippen molar-refractivity contribution < 1.29 is 0 Å². The molecule has 31 heavy (non-hydrogen) atoms. The summed E-state index contributed by atoms with van der Waals surface area (Å²) in [6, 6.07) is 0. The van der Waals surface area contributed by atoms with Crippen molar-refractivity contribution in [1.82, 2.24) is 0 Å². The summed E-state index contributed by atoms with van der Waals surface area (Å²) < 4.78 is 1.12. The standard InChI is InChI=1S/C30H49I/c1-25(2)13-8-14-26(3)15-9-16-27(4)17-10-18-28(5)19-11-20-29(6)21-12-22-30(7)23-24-31/h13,15,17,19,21,23H,8-12,14,16,18,20,22,24H2,1-7H3. The zero-order valence-electron chi connectivity index (χ0n) is 21.6. The Morgan fingerprint density at radius 1 is 0.419 bits per heavy atom. The number of alkyl halides is 1. The molecule has 0 saturated heterocycles. The molecule has 0 saturated carbocycles. The van der Waals surface area contributed by atoms with Gasteiger partial charge in [-0.05, 0) is 113 Å². The predicted octanol–water partition coefficient (Wildman–Crippen LogP) is 11.0. The molecule has 0 radical (unpaired) electrons. The van der Waals surface area contributed by atoms with Gasteiger partial charge in [-0.3, -0.25) is 0 Å². The Morgan fingerprint density at radius 2 is 0.677 bits per heavy atom. The SMILES string of the molecule is CC(C)=CCCC(C)=CCCC(C)=CCCC(C)=CCCC(C)=CCCC(C)=CCI. The lowest BCUT2D eigenvalue weighted by molar-refractivity contribution is 0.886. The molecule has 0 spiro atoms. The summed E-state index contributed by atoms with van der Waals surface area (Å²) >= 11 is 2.41. The molecule has 0 aromatic rings. The second-order valence-electron chi connectivity index (χ2n) is 9.38. The smallest absolute Gasteiger partial charge is 0.0178 e. The summed E-state index contributed by atoms with van der Waals surface area (Å²) in [5, 5.41) is 0. The van der Waals surface area contributed by atoms with Crippen LogP contribution in [0.3, 0.4) is 0 Å². The van der Waals surface area contributed by atoms with Crippen LogP contribution < -0.4 is 0 Å². The lowest BCUT2D eigenvalue weighted by atomic mass is 10.0. The zero-order chi connectivity index (χ0) is 23.5. The van der Waals surface area contributed by atoms with E-state index < -0.39 is 0 Å². The van der Waals surface area contributed by atoms with Gasteiger partial charge in [0.25, 0.3) is 0 Å². The van der Waals surface area contributed by atoms with Crippen LogP contribution in [0.5, 0.6) is 0 Å². The third-order valence-corrected chi connectivity index (χ3v) is 6.08. The highest BCUT2D eigenvalue weighted by Gasteiger charge is 1.95. The predicted molar refractivity (Wildman–Crippen MR) is 153 cm³/mol. The average molecular weight is 537 g/mol. The molecule has 0 heterocycles. The molecule has 0 amide bonds. The van der Waals surface area contributed by atoms with E-state index in [0.717, 1.165) is 4.43 Å². The van der Waals surface area contributed by atoms with Crippen LogP contribution in [0.2, 0.25) is 0 Å². The highest BCUT2D eigenvalue weighted by atomic mass is 127. The summed E-state index contributed by atoms with van der Waals surface area (Å²) in [5.41, 5.74) is 9.07. The van der Waals surface area contributed by atoms with Gasteiger partial charge in [-0.25, -0.2) is 0 Å². The summed E-state index contributed by atoms with van der Waals surface area (Å²) in [7, 11) is 0. The molecular formula is C30H49I. The van der Waals surface area contributed by atoms with Gasteiger partial charge in [0.1, 0.15) is 0 Å². The van der Waals surface area contributed by atoms with E-state index in [4.69, 9.17) is 0 Å². The highest BCUT2D eigenvalue weighted by Crippen LogP contribution is 2.15. The van der Waals surface area contributed by atoms with Crippen LogP contribution in [0, 0.1) is 0 Å². The Morgan fingerprint density at radius 3 is 0.935 bits per heavy atom. The van der Waals surface area contributed by atoms with E-state index >= 15 is 0 Å². The van der Waals surface area contributed by atoms with E-state index in [0.29, 0.717) is 0 Å². The first kappa shape index (κ1) is 30.2. The Kier molecular flexibility index (Phi) is 19.3. The molecule has 1 heteroatoms. The van der Waals surface area contributed by atoms with Gasteiger partial charge in [0.2, 0.25) is 0 Å². The number of rotatable bonds is 16. The van der Waals surface area contributed by atoms with Gasteiger partial charge in [-0.1, -0.05) is 92.5 Å². The van der Waals surface area contributed by atoms with E-state index in [9.17, 15) is 0 Å². The summed E-state index contributed by atoms with van der Waals surface area (Å²) in [6.45, 7) is 15.7. The lowest BCUT2D eigenvalue weighted by Crippen LogP contribution is -1.83. The number of allylic oxidation sites excluding steroid dienone is 12. The number of hydrogen-bond acceptors (Lipinski definition) is 0. The van der Waals surface area contributed by atoms with Crippen LogP contribution in [-0.2, 0) is 0 Å². The maximum Gasteiger partial charge on any atom is 0.0178 e. The molecule has 0 bridgehead atoms. The van der Waals surface area contributed by atoms with Crippen molar-refractivity contribution in [3.8, 4) is 0 Å². The second kappa shape index (κ2) is 19.8. The van der Waals surface area contributed by atoms with Gasteiger partial charge in [0, 0.05) is 4.43 Å². The maximum absolute atomic E-state index is 2.44. The first-order valence-corrected chi connectivity index (χ1v) is 13.7. The fraction of sp³-hybridized carbons (Fsp3) is 0.600. The summed E-state index contributed by atoms with van der Waals surface area (Å²) in [4.78, 5) is 0. The van der Waals surface area contributed by atoms with E-state index in [-0.39, 0.29) is 0 Å². The Hall–Kier alpha value is -0.830. The number of halogens is 1. The Balaban J connectivity index is 4.09. The van der Waals surface area contributed by atoms with Crippen molar-refractivity contribution in [2.45, 2.75) is 113 Å². The van der Waals surface area contributed by atoms with E-state index in [1.807, 2.05) is 0 Å². The first-order chi connectivity index (χ1) is 14.7. The van der Waals surface area contributed by atoms with Crippen LogP contribution in [0.4, 0.5) is 0 Å². The van der Waals surface area contributed by atoms with E-state index in [1.54, 1.807) is 0 Å². The lowest BCUT2D eigenvalue weighted by Gasteiger charge is -2.03. The molecule has 0 aliphatic carbocycles. The van der Waals surface area contributed by atoms with Gasteiger partial charge >= 0.3 is 0 Å². The molecule has 0 aromatic carbocycles. The third-order valence-electron chi connectivity index (χ3n) is 5.64. The van der Waals surface area contributed by atoms with Crippen LogP contribution in [0.1, 0.15) is 113 Å². The molecule has 0 fully saturated rings. The van der Waals surface area contributed by atoms with Crippen molar-refractivity contribution in [1.29, 1.82) is 0 Å². The monoisotopic (exact) mass is 536 g/mol. The van der Waals surface area contributed by atoms with Gasteiger partial charge in [-0.2, -0.15) is 0 Å². The van der Waals surface area contributed by atoms with Crippen molar-refractivity contribution in [3.63, 3.8) is 0 Å². The van der Waals surface area contributed by atoms with Gasteiger partial charge in [-0.15, -0.1) is 0 Å². The van der Waals surface area contributed by atoms with Crippen LogP contribution in [-0.4, -0.2) is 4.43 Å². The third kappa shape index (κ3) is 20.8. The molecule has 0 unspecified atom stereocenters. The van der Waals surface area contributed by atoms with Crippen LogP contribution in [0.25, 0.3) is 0 Å². The van der Waals surface area contributed by atoms with Crippen molar-refractivity contribution in [2.24, 2.45) is 0 Å². The van der Waals surface area contributed by atoms with Crippen molar-refractivity contribution >= 4 is 22.6 Å². The fourth-order valence-electron chi connectivity index (χ4n) is 3.42. The molecule has 0 atom stereocenters. The molecule has 0 rings (SSSR count). The molecule has 0 nitrogen and oxygen atoms in total. The average Bonchev–Trinajstić information content (AvgIpc) is 2.68. The highest BCUT2D eigenvalue weighted by molar-refractivity contribution is 14.1. The number of hydrogen-bond donors (Lipinski definition) is 0. The largest absolute Gasteiger partial charge is 0.0856 e. The Bertz CT molecular complexity index is 661. The van der Waals surface area contributed by atoms with Gasteiger partial charge in [0.05, 0.1) is 0 Å². The summed E-state index contributed by atoms with van der Waals surface area (Å²) in [6.07, 6.45) is 26.3. The van der Waals surface area contributed by atoms with Gasteiger partial charge < -0.3 is 0 Å². The maximum atomic E-state index is 2.44. The second-order valence-corrected chi connectivity index (χ2v) is 10.3. The molecule has 0 aromatic heterocycles. The fourth-order valence-corrected chi connectivity index (χ4v) is 4.17. The normalized spacial score (nSPS) is 14.3. The zero-order valence-corrected chi connectivity index (χ0v) is 23.8. The minimum absolute atomic E-state index is 1.12.